The average molecular weight is 423 g/mol. The molecule has 3 heterocycles. The molecule has 1 aliphatic rings. The van der Waals surface area contributed by atoms with Crippen LogP contribution in [0.1, 0.15) is 29.4 Å². The Kier molecular flexibility index (Phi) is 6.71. The van der Waals surface area contributed by atoms with E-state index in [1.54, 1.807) is 6.20 Å². The van der Waals surface area contributed by atoms with Crippen molar-refractivity contribution >= 4 is 23.1 Å². The number of benzene rings is 1. The first-order chi connectivity index (χ1) is 14.7. The number of carbonyl (C=O) groups is 1. The van der Waals surface area contributed by atoms with Gasteiger partial charge in [-0.15, -0.1) is 11.3 Å². The van der Waals surface area contributed by atoms with Gasteiger partial charge in [0.25, 0.3) is 5.91 Å². The molecule has 0 radical (unpaired) electrons. The number of ether oxygens (including phenoxy) is 1. The lowest BCUT2D eigenvalue weighted by molar-refractivity contribution is 0.0934. The molecule has 2 aromatic heterocycles. The van der Waals surface area contributed by atoms with E-state index in [9.17, 15) is 4.79 Å². The molecule has 1 atom stereocenters. The highest BCUT2D eigenvalue weighted by molar-refractivity contribution is 7.13. The Bertz CT molecular complexity index is 970. The van der Waals surface area contributed by atoms with Crippen molar-refractivity contribution in [1.29, 1.82) is 0 Å². The first-order valence-corrected chi connectivity index (χ1v) is 11.2. The van der Waals surface area contributed by atoms with E-state index in [1.165, 1.54) is 16.9 Å². The highest BCUT2D eigenvalue weighted by Gasteiger charge is 2.16. The Morgan fingerprint density at radius 3 is 2.83 bits per heavy atom. The monoisotopic (exact) mass is 422 g/mol. The predicted octanol–water partition coefficient (Wildman–Crippen LogP) is 3.79. The first kappa shape index (κ1) is 20.5. The van der Waals surface area contributed by atoms with Crippen LogP contribution in [-0.2, 0) is 11.2 Å². The van der Waals surface area contributed by atoms with E-state index in [4.69, 9.17) is 4.74 Å². The summed E-state index contributed by atoms with van der Waals surface area (Å²) in [6.07, 6.45) is 3.62. The average Bonchev–Trinajstić information content (AvgIpc) is 3.30. The van der Waals surface area contributed by atoms with Gasteiger partial charge in [-0.3, -0.25) is 4.79 Å². The number of pyridine rings is 1. The highest BCUT2D eigenvalue weighted by Crippen LogP contribution is 2.26. The molecule has 0 unspecified atom stereocenters. The van der Waals surface area contributed by atoms with Crippen LogP contribution < -0.4 is 10.2 Å². The number of hydrogen-bond acceptors (Lipinski definition) is 6. The summed E-state index contributed by atoms with van der Waals surface area (Å²) in [6, 6.07) is 14.4. The number of morpholine rings is 1. The van der Waals surface area contributed by atoms with Crippen LogP contribution in [0.4, 0.5) is 5.82 Å². The van der Waals surface area contributed by atoms with E-state index in [1.807, 2.05) is 42.6 Å². The summed E-state index contributed by atoms with van der Waals surface area (Å²) < 4.78 is 5.42. The van der Waals surface area contributed by atoms with Crippen molar-refractivity contribution in [1.82, 2.24) is 15.3 Å². The van der Waals surface area contributed by atoms with E-state index < -0.39 is 0 Å². The Morgan fingerprint density at radius 2 is 2.03 bits per heavy atom. The number of nitrogens with zero attached hydrogens (tertiary/aromatic N) is 3. The Morgan fingerprint density at radius 1 is 1.23 bits per heavy atom. The van der Waals surface area contributed by atoms with Crippen molar-refractivity contribution in [2.45, 2.75) is 25.8 Å². The van der Waals surface area contributed by atoms with Gasteiger partial charge >= 0.3 is 0 Å². The van der Waals surface area contributed by atoms with Gasteiger partial charge in [0.2, 0.25) is 0 Å². The van der Waals surface area contributed by atoms with E-state index in [-0.39, 0.29) is 11.9 Å². The zero-order valence-electron chi connectivity index (χ0n) is 17.1. The minimum atomic E-state index is -0.125. The SMILES string of the molecule is C[C@@H](CCc1ccccc1)NC(=O)c1csc(-c2ccnc(N3CCOCC3)c2)n1. The lowest BCUT2D eigenvalue weighted by Gasteiger charge is -2.27. The third kappa shape index (κ3) is 5.23. The number of rotatable bonds is 7. The summed E-state index contributed by atoms with van der Waals surface area (Å²) in [4.78, 5) is 23.9. The minimum absolute atomic E-state index is 0.0803. The van der Waals surface area contributed by atoms with Gasteiger partial charge in [-0.2, -0.15) is 0 Å². The van der Waals surface area contributed by atoms with Crippen LogP contribution in [0.3, 0.4) is 0 Å². The number of amides is 1. The molecule has 0 aliphatic carbocycles. The molecule has 4 rings (SSSR count). The third-order valence-electron chi connectivity index (χ3n) is 5.15. The van der Waals surface area contributed by atoms with Crippen molar-refractivity contribution in [2.75, 3.05) is 31.2 Å². The summed E-state index contributed by atoms with van der Waals surface area (Å²) in [7, 11) is 0. The standard InChI is InChI=1S/C23H26N4O2S/c1-17(7-8-18-5-3-2-4-6-18)25-22(28)20-16-30-23(26-20)19-9-10-24-21(15-19)27-11-13-29-14-12-27/h2-6,9-10,15-17H,7-8,11-14H2,1H3,(H,25,28)/t17-/m0/s1. The molecule has 0 saturated carbocycles. The van der Waals surface area contributed by atoms with Gasteiger partial charge in [0.15, 0.2) is 0 Å². The van der Waals surface area contributed by atoms with Crippen molar-refractivity contribution < 1.29 is 9.53 Å². The molecule has 1 N–H and O–H groups in total. The maximum absolute atomic E-state index is 12.6. The molecular weight excluding hydrogens is 396 g/mol. The number of nitrogens with one attached hydrogen (secondary N) is 1. The van der Waals surface area contributed by atoms with E-state index in [0.29, 0.717) is 5.69 Å². The van der Waals surface area contributed by atoms with E-state index in [2.05, 4.69) is 32.3 Å². The lowest BCUT2D eigenvalue weighted by Crippen LogP contribution is -2.36. The predicted molar refractivity (Wildman–Crippen MR) is 120 cm³/mol. The Hall–Kier alpha value is -2.77. The summed E-state index contributed by atoms with van der Waals surface area (Å²) in [5.74, 6) is 0.798. The zero-order valence-corrected chi connectivity index (χ0v) is 17.9. The van der Waals surface area contributed by atoms with Crippen molar-refractivity contribution in [2.24, 2.45) is 0 Å². The second kappa shape index (κ2) is 9.82. The summed E-state index contributed by atoms with van der Waals surface area (Å²) in [5.41, 5.74) is 2.72. The molecule has 3 aromatic rings. The maximum atomic E-state index is 12.6. The largest absolute Gasteiger partial charge is 0.378 e. The molecule has 30 heavy (non-hydrogen) atoms. The summed E-state index contributed by atoms with van der Waals surface area (Å²) in [6.45, 7) is 5.14. The van der Waals surface area contributed by atoms with Gasteiger partial charge in [0.1, 0.15) is 16.5 Å². The number of anilines is 1. The smallest absolute Gasteiger partial charge is 0.270 e. The third-order valence-corrected chi connectivity index (χ3v) is 6.04. The molecule has 0 bridgehead atoms. The number of hydrogen-bond donors (Lipinski definition) is 1. The first-order valence-electron chi connectivity index (χ1n) is 10.3. The topological polar surface area (TPSA) is 67.4 Å². The number of thiazole rings is 1. The summed E-state index contributed by atoms with van der Waals surface area (Å²) >= 11 is 1.48. The van der Waals surface area contributed by atoms with Crippen LogP contribution in [0, 0.1) is 0 Å². The fourth-order valence-corrected chi connectivity index (χ4v) is 4.22. The molecule has 156 valence electrons. The normalized spacial score (nSPS) is 15.0. The maximum Gasteiger partial charge on any atom is 0.270 e. The number of aryl methyl sites for hydroxylation is 1. The number of aromatic nitrogens is 2. The Balaban J connectivity index is 1.37. The highest BCUT2D eigenvalue weighted by atomic mass is 32.1. The van der Waals surface area contributed by atoms with Gasteiger partial charge in [-0.25, -0.2) is 9.97 Å². The second-order valence-electron chi connectivity index (χ2n) is 7.44. The number of carbonyl (C=O) groups excluding carboxylic acids is 1. The summed E-state index contributed by atoms with van der Waals surface area (Å²) in [5, 5.41) is 5.72. The Labute approximate surface area is 180 Å². The molecular formula is C23H26N4O2S. The fourth-order valence-electron chi connectivity index (χ4n) is 3.43. The van der Waals surface area contributed by atoms with E-state index >= 15 is 0 Å². The van der Waals surface area contributed by atoms with Gasteiger partial charge in [-0.05, 0) is 37.5 Å². The molecule has 1 saturated heterocycles. The van der Waals surface area contributed by atoms with Gasteiger partial charge in [-0.1, -0.05) is 30.3 Å². The van der Waals surface area contributed by atoms with Crippen molar-refractivity contribution in [3.8, 4) is 10.6 Å². The molecule has 1 amide bonds. The molecule has 1 aromatic carbocycles. The van der Waals surface area contributed by atoms with Gasteiger partial charge in [0, 0.05) is 36.3 Å². The molecule has 7 heteroatoms. The van der Waals surface area contributed by atoms with Gasteiger partial charge in [0.05, 0.1) is 13.2 Å². The minimum Gasteiger partial charge on any atom is -0.378 e. The van der Waals surface area contributed by atoms with Crippen LogP contribution in [0.25, 0.3) is 10.6 Å². The van der Waals surface area contributed by atoms with Crippen LogP contribution in [0.5, 0.6) is 0 Å². The van der Waals surface area contributed by atoms with Crippen LogP contribution >= 0.6 is 11.3 Å². The lowest BCUT2D eigenvalue weighted by atomic mass is 10.1. The second-order valence-corrected chi connectivity index (χ2v) is 8.30. The molecule has 1 fully saturated rings. The van der Waals surface area contributed by atoms with Crippen LogP contribution in [0.15, 0.2) is 54.0 Å². The van der Waals surface area contributed by atoms with Crippen molar-refractivity contribution in [3.63, 3.8) is 0 Å². The zero-order chi connectivity index (χ0) is 20.8. The quantitative estimate of drug-likeness (QED) is 0.627. The van der Waals surface area contributed by atoms with E-state index in [0.717, 1.165) is 55.5 Å². The van der Waals surface area contributed by atoms with Crippen molar-refractivity contribution in [3.05, 3.63) is 65.3 Å². The fraction of sp³-hybridized carbons (Fsp3) is 0.348. The van der Waals surface area contributed by atoms with Gasteiger partial charge < -0.3 is 15.0 Å². The molecule has 1 aliphatic heterocycles. The van der Waals surface area contributed by atoms with Crippen LogP contribution in [-0.4, -0.2) is 48.2 Å². The molecule has 6 nitrogen and oxygen atoms in total. The van der Waals surface area contributed by atoms with Crippen LogP contribution in [0.2, 0.25) is 0 Å². The molecule has 0 spiro atoms.